The van der Waals surface area contributed by atoms with Crippen molar-refractivity contribution in [1.82, 2.24) is 4.98 Å². The van der Waals surface area contributed by atoms with Crippen LogP contribution in [-0.4, -0.2) is 40.7 Å². The molecular formula is C23H21BrN2O5S. The first-order valence-corrected chi connectivity index (χ1v) is 12.2. The molecule has 4 atom stereocenters. The number of nitrogens with zero attached hydrogens (tertiary/aromatic N) is 2. The number of ether oxygens (including phenoxy) is 2. The summed E-state index contributed by atoms with van der Waals surface area (Å²) in [7, 11) is 1.32. The monoisotopic (exact) mass is 516 g/mol. The Morgan fingerprint density at radius 1 is 1.25 bits per heavy atom. The maximum atomic E-state index is 13.7. The number of thiazole rings is 1. The van der Waals surface area contributed by atoms with E-state index in [1.807, 2.05) is 12.3 Å². The lowest BCUT2D eigenvalue weighted by atomic mass is 9.77. The van der Waals surface area contributed by atoms with Gasteiger partial charge in [0.05, 0.1) is 35.9 Å². The lowest BCUT2D eigenvalue weighted by Gasteiger charge is -2.37. The molecule has 3 heterocycles. The third-order valence-electron chi connectivity index (χ3n) is 6.24. The Labute approximate surface area is 197 Å². The van der Waals surface area contributed by atoms with Crippen LogP contribution in [0.1, 0.15) is 46.9 Å². The zero-order valence-corrected chi connectivity index (χ0v) is 19.9. The van der Waals surface area contributed by atoms with Gasteiger partial charge in [0, 0.05) is 10.2 Å². The molecule has 1 aromatic heterocycles. The first-order chi connectivity index (χ1) is 15.4. The number of carbonyl (C=O) groups excluding carboxylic acids is 3. The van der Waals surface area contributed by atoms with Gasteiger partial charge >= 0.3 is 5.97 Å². The van der Waals surface area contributed by atoms with Gasteiger partial charge in [0.25, 0.3) is 5.91 Å². The number of Topliss-reactive ketones (excluding diaryl/α,β-unsaturated/α-hetero) is 1. The highest BCUT2D eigenvalue weighted by atomic mass is 79.9. The van der Waals surface area contributed by atoms with Crippen molar-refractivity contribution < 1.29 is 23.9 Å². The summed E-state index contributed by atoms with van der Waals surface area (Å²) < 4.78 is 11.0. The Hall–Kier alpha value is -2.52. The Morgan fingerprint density at radius 2 is 2.00 bits per heavy atom. The van der Waals surface area contributed by atoms with Crippen LogP contribution in [0.15, 0.2) is 41.0 Å². The standard InChI is InChI=1S/C23H21BrN2O5S/c1-11-10-32-23(25-11)26-18(12-3-5-13(6-4-12)22(29)30-2)17-19(27)15-9-14(24)7-8-16(15)31-20(17)21(26)28/h3-6,10,14-16,18H,7-9H2,1-2H3. The van der Waals surface area contributed by atoms with Crippen LogP contribution in [0, 0.1) is 12.8 Å². The Morgan fingerprint density at radius 3 is 2.66 bits per heavy atom. The molecule has 0 N–H and O–H groups in total. The van der Waals surface area contributed by atoms with Crippen molar-refractivity contribution in [1.29, 1.82) is 0 Å². The zero-order valence-electron chi connectivity index (χ0n) is 17.5. The number of aryl methyl sites for hydroxylation is 1. The summed E-state index contributed by atoms with van der Waals surface area (Å²) in [5.41, 5.74) is 2.29. The number of esters is 1. The predicted molar refractivity (Wildman–Crippen MR) is 122 cm³/mol. The number of aromatic nitrogens is 1. The third kappa shape index (κ3) is 3.38. The SMILES string of the molecule is COC(=O)c1ccc(C2C3=C(OC4CCC(Br)CC4C3=O)C(=O)N2c2nc(C)cs2)cc1. The Bertz CT molecular complexity index is 1140. The van der Waals surface area contributed by atoms with Gasteiger partial charge in [0.15, 0.2) is 16.7 Å². The summed E-state index contributed by atoms with van der Waals surface area (Å²) in [5.74, 6) is -0.971. The largest absolute Gasteiger partial charge is 0.483 e. The minimum Gasteiger partial charge on any atom is -0.483 e. The average molecular weight is 517 g/mol. The van der Waals surface area contributed by atoms with Crippen LogP contribution < -0.4 is 4.90 Å². The van der Waals surface area contributed by atoms with Gasteiger partial charge in [-0.15, -0.1) is 11.3 Å². The van der Waals surface area contributed by atoms with Crippen molar-refractivity contribution >= 4 is 50.1 Å². The molecule has 9 heteroatoms. The molecule has 1 amide bonds. The van der Waals surface area contributed by atoms with Gasteiger partial charge in [-0.2, -0.15) is 0 Å². The number of carbonyl (C=O) groups is 3. The van der Waals surface area contributed by atoms with E-state index < -0.39 is 12.0 Å². The Kier molecular flexibility index (Phi) is 5.41. The summed E-state index contributed by atoms with van der Waals surface area (Å²) in [6.07, 6.45) is 2.03. The molecule has 32 heavy (non-hydrogen) atoms. The van der Waals surface area contributed by atoms with Gasteiger partial charge in [0.1, 0.15) is 6.10 Å². The van der Waals surface area contributed by atoms with Gasteiger partial charge in [-0.05, 0) is 43.9 Å². The average Bonchev–Trinajstić information content (AvgIpc) is 3.35. The molecular weight excluding hydrogens is 496 g/mol. The summed E-state index contributed by atoms with van der Waals surface area (Å²) in [4.78, 5) is 45.4. The smallest absolute Gasteiger partial charge is 0.337 e. The van der Waals surface area contributed by atoms with Crippen molar-refractivity contribution in [2.75, 3.05) is 12.0 Å². The van der Waals surface area contributed by atoms with E-state index in [-0.39, 0.29) is 34.3 Å². The number of anilines is 1. The summed E-state index contributed by atoms with van der Waals surface area (Å²) >= 11 is 5.00. The van der Waals surface area contributed by atoms with Crippen LogP contribution in [0.5, 0.6) is 0 Å². The summed E-state index contributed by atoms with van der Waals surface area (Å²) in [6.45, 7) is 1.86. The number of ketones is 1. The number of hydrogen-bond acceptors (Lipinski definition) is 7. The van der Waals surface area contributed by atoms with E-state index in [2.05, 4.69) is 20.9 Å². The lowest BCUT2D eigenvalue weighted by molar-refractivity contribution is -0.131. The number of methoxy groups -OCH3 is 1. The lowest BCUT2D eigenvalue weighted by Crippen LogP contribution is -2.41. The molecule has 1 saturated carbocycles. The molecule has 1 aromatic carbocycles. The number of alkyl halides is 1. The van der Waals surface area contributed by atoms with E-state index in [0.29, 0.717) is 28.3 Å². The molecule has 2 aliphatic heterocycles. The molecule has 0 radical (unpaired) electrons. The van der Waals surface area contributed by atoms with E-state index in [1.165, 1.54) is 18.4 Å². The summed E-state index contributed by atoms with van der Waals surface area (Å²) in [5, 5.41) is 2.39. The first kappa shape index (κ1) is 21.3. The van der Waals surface area contributed by atoms with Crippen molar-refractivity contribution in [2.45, 2.75) is 43.2 Å². The number of amides is 1. The van der Waals surface area contributed by atoms with Crippen molar-refractivity contribution in [3.8, 4) is 0 Å². The molecule has 1 fully saturated rings. The fourth-order valence-corrected chi connectivity index (χ4v) is 6.19. The van der Waals surface area contributed by atoms with Crippen LogP contribution >= 0.6 is 27.3 Å². The van der Waals surface area contributed by atoms with Gasteiger partial charge in [-0.3, -0.25) is 14.5 Å². The van der Waals surface area contributed by atoms with Crippen molar-refractivity contribution in [3.05, 3.63) is 57.8 Å². The van der Waals surface area contributed by atoms with Crippen LogP contribution in [-0.2, 0) is 19.1 Å². The van der Waals surface area contributed by atoms with E-state index in [4.69, 9.17) is 9.47 Å². The van der Waals surface area contributed by atoms with Crippen LogP contribution in [0.25, 0.3) is 0 Å². The van der Waals surface area contributed by atoms with E-state index in [0.717, 1.165) is 18.5 Å². The predicted octanol–water partition coefficient (Wildman–Crippen LogP) is 4.11. The van der Waals surface area contributed by atoms with E-state index in [1.54, 1.807) is 29.2 Å². The normalized spacial score (nSPS) is 27.2. The topological polar surface area (TPSA) is 85.8 Å². The van der Waals surface area contributed by atoms with Crippen LogP contribution in [0.2, 0.25) is 0 Å². The highest BCUT2D eigenvalue weighted by Gasteiger charge is 2.53. The maximum absolute atomic E-state index is 13.7. The molecule has 3 aliphatic rings. The quantitative estimate of drug-likeness (QED) is 0.450. The maximum Gasteiger partial charge on any atom is 0.337 e. The second kappa shape index (κ2) is 8.12. The molecule has 4 unspecified atom stereocenters. The van der Waals surface area contributed by atoms with E-state index in [9.17, 15) is 14.4 Å². The second-order valence-corrected chi connectivity index (χ2v) is 10.4. The van der Waals surface area contributed by atoms with Crippen LogP contribution in [0.3, 0.4) is 0 Å². The number of fused-ring (bicyclic) bond motifs is 1. The molecule has 0 bridgehead atoms. The van der Waals surface area contributed by atoms with Gasteiger partial charge < -0.3 is 9.47 Å². The minimum absolute atomic E-state index is 0.0356. The van der Waals surface area contributed by atoms with Crippen molar-refractivity contribution in [2.24, 2.45) is 5.92 Å². The minimum atomic E-state index is -0.654. The summed E-state index contributed by atoms with van der Waals surface area (Å²) in [6, 6.07) is 6.13. The second-order valence-electron chi connectivity index (χ2n) is 8.24. The van der Waals surface area contributed by atoms with Gasteiger partial charge in [0.2, 0.25) is 0 Å². The van der Waals surface area contributed by atoms with Gasteiger partial charge in [-0.1, -0.05) is 28.1 Å². The molecule has 1 aliphatic carbocycles. The molecule has 166 valence electrons. The zero-order chi connectivity index (χ0) is 22.6. The highest BCUT2D eigenvalue weighted by Crippen LogP contribution is 2.49. The molecule has 0 spiro atoms. The van der Waals surface area contributed by atoms with Crippen LogP contribution in [0.4, 0.5) is 5.13 Å². The Balaban J connectivity index is 1.61. The fourth-order valence-electron chi connectivity index (χ4n) is 4.70. The number of hydrogen-bond donors (Lipinski definition) is 0. The molecule has 7 nitrogen and oxygen atoms in total. The number of halogens is 1. The third-order valence-corrected chi connectivity index (χ3v) is 8.03. The highest BCUT2D eigenvalue weighted by molar-refractivity contribution is 9.09. The fraction of sp³-hybridized carbons (Fsp3) is 0.391. The van der Waals surface area contributed by atoms with Crippen molar-refractivity contribution in [3.63, 3.8) is 0 Å². The number of rotatable bonds is 3. The molecule has 5 rings (SSSR count). The number of benzene rings is 1. The first-order valence-electron chi connectivity index (χ1n) is 10.4. The molecule has 2 aromatic rings. The van der Waals surface area contributed by atoms with E-state index >= 15 is 0 Å². The molecule has 0 saturated heterocycles. The van der Waals surface area contributed by atoms with Gasteiger partial charge in [-0.25, -0.2) is 9.78 Å².